The minimum absolute atomic E-state index is 0.129. The van der Waals surface area contributed by atoms with Crippen molar-refractivity contribution >= 4 is 5.97 Å². The third-order valence-electron chi connectivity index (χ3n) is 7.77. The van der Waals surface area contributed by atoms with E-state index in [2.05, 4.69) is 34.6 Å². The second kappa shape index (κ2) is 19.0. The van der Waals surface area contributed by atoms with Gasteiger partial charge in [-0.1, -0.05) is 150 Å². The molecule has 0 aromatic rings. The van der Waals surface area contributed by atoms with Crippen molar-refractivity contribution in [2.75, 3.05) is 0 Å². The first-order valence-electron chi connectivity index (χ1n) is 14.1. The highest BCUT2D eigenvalue weighted by Crippen LogP contribution is 2.50. The Hall–Kier alpha value is -0.530. The Labute approximate surface area is 196 Å². The molecule has 2 heteroatoms. The second-order valence-electron chi connectivity index (χ2n) is 10.8. The van der Waals surface area contributed by atoms with Crippen LogP contribution in [-0.4, -0.2) is 11.1 Å². The fraction of sp³-hybridized carbons (Fsp3) is 0.966. The molecule has 2 nitrogen and oxygen atoms in total. The number of rotatable bonds is 23. The molecule has 0 amide bonds. The summed E-state index contributed by atoms with van der Waals surface area (Å²) >= 11 is 0. The van der Waals surface area contributed by atoms with Crippen molar-refractivity contribution in [1.29, 1.82) is 0 Å². The van der Waals surface area contributed by atoms with Crippen LogP contribution in [0.15, 0.2) is 0 Å². The second-order valence-corrected chi connectivity index (χ2v) is 10.8. The minimum Gasteiger partial charge on any atom is -0.481 e. The Morgan fingerprint density at radius 2 is 0.806 bits per heavy atom. The first-order chi connectivity index (χ1) is 14.9. The molecule has 0 aromatic carbocycles. The van der Waals surface area contributed by atoms with Gasteiger partial charge in [0.25, 0.3) is 0 Å². The van der Waals surface area contributed by atoms with E-state index >= 15 is 0 Å². The summed E-state index contributed by atoms with van der Waals surface area (Å²) in [5.41, 5.74) is -0.678. The summed E-state index contributed by atoms with van der Waals surface area (Å²) in [5, 5.41) is 10.5. The average Bonchev–Trinajstić information content (AvgIpc) is 2.73. The van der Waals surface area contributed by atoms with Crippen molar-refractivity contribution in [3.8, 4) is 0 Å². The van der Waals surface area contributed by atoms with Gasteiger partial charge in [0.2, 0.25) is 0 Å². The monoisotopic (exact) mass is 438 g/mol. The summed E-state index contributed by atoms with van der Waals surface area (Å²) in [7, 11) is 0. The Morgan fingerprint density at radius 3 is 1.13 bits per heavy atom. The zero-order valence-corrected chi connectivity index (χ0v) is 22.2. The smallest absolute Gasteiger partial charge is 0.310 e. The summed E-state index contributed by atoms with van der Waals surface area (Å²) in [6, 6.07) is 0. The fourth-order valence-electron chi connectivity index (χ4n) is 5.31. The van der Waals surface area contributed by atoms with Gasteiger partial charge in [-0.3, -0.25) is 4.79 Å². The van der Waals surface area contributed by atoms with Crippen molar-refractivity contribution in [3.63, 3.8) is 0 Å². The van der Waals surface area contributed by atoms with Gasteiger partial charge in [-0.15, -0.1) is 0 Å². The number of hydrogen-bond acceptors (Lipinski definition) is 1. The predicted octanol–water partition coefficient (Wildman–Crippen LogP) is 10.3. The molecule has 186 valence electrons. The molecule has 0 aliphatic carbocycles. The number of hydrogen-bond donors (Lipinski definition) is 1. The van der Waals surface area contributed by atoms with Crippen LogP contribution in [0, 0.1) is 10.8 Å². The summed E-state index contributed by atoms with van der Waals surface area (Å²) in [6.07, 6.45) is 25.3. The zero-order chi connectivity index (χ0) is 23.4. The van der Waals surface area contributed by atoms with Gasteiger partial charge in [0.15, 0.2) is 0 Å². The number of aliphatic carboxylic acids is 1. The molecular weight excluding hydrogens is 380 g/mol. The Kier molecular flexibility index (Phi) is 18.7. The van der Waals surface area contributed by atoms with E-state index in [0.29, 0.717) is 0 Å². The van der Waals surface area contributed by atoms with Crippen molar-refractivity contribution in [1.82, 2.24) is 0 Å². The summed E-state index contributed by atoms with van der Waals surface area (Å²) in [5.74, 6) is -0.523. The highest BCUT2D eigenvalue weighted by molar-refractivity contribution is 5.75. The molecule has 0 saturated carbocycles. The maximum Gasteiger partial charge on any atom is 0.310 e. The van der Waals surface area contributed by atoms with E-state index in [1.165, 1.54) is 103 Å². The van der Waals surface area contributed by atoms with E-state index in [0.717, 1.165) is 32.1 Å². The van der Waals surface area contributed by atoms with Crippen LogP contribution in [0.1, 0.15) is 169 Å². The van der Waals surface area contributed by atoms with Crippen LogP contribution in [0.5, 0.6) is 0 Å². The lowest BCUT2D eigenvalue weighted by Gasteiger charge is -2.44. The van der Waals surface area contributed by atoms with Crippen molar-refractivity contribution in [3.05, 3.63) is 0 Å². The first-order valence-corrected chi connectivity index (χ1v) is 14.1. The minimum atomic E-state index is -0.550. The largest absolute Gasteiger partial charge is 0.481 e. The molecule has 0 saturated heterocycles. The topological polar surface area (TPSA) is 37.3 Å². The van der Waals surface area contributed by atoms with Crippen molar-refractivity contribution < 1.29 is 9.90 Å². The van der Waals surface area contributed by atoms with Crippen LogP contribution < -0.4 is 0 Å². The number of unbranched alkanes of at least 4 members (excludes halogenated alkanes) is 15. The Bertz CT molecular complexity index is 397. The molecular formula is C29H58O2. The Morgan fingerprint density at radius 1 is 0.516 bits per heavy atom. The number of carboxylic acids is 1. The van der Waals surface area contributed by atoms with Crippen molar-refractivity contribution in [2.45, 2.75) is 169 Å². The first kappa shape index (κ1) is 30.5. The van der Waals surface area contributed by atoms with Gasteiger partial charge in [-0.05, 0) is 24.7 Å². The molecule has 0 rings (SSSR count). The molecule has 0 fully saturated rings. The van der Waals surface area contributed by atoms with Gasteiger partial charge >= 0.3 is 5.97 Å². The summed E-state index contributed by atoms with van der Waals surface area (Å²) < 4.78 is 0. The van der Waals surface area contributed by atoms with E-state index in [4.69, 9.17) is 0 Å². The fourth-order valence-corrected chi connectivity index (χ4v) is 5.31. The van der Waals surface area contributed by atoms with E-state index in [9.17, 15) is 9.90 Å². The quantitative estimate of drug-likeness (QED) is 0.161. The van der Waals surface area contributed by atoms with Gasteiger partial charge in [0.05, 0.1) is 5.41 Å². The molecule has 0 spiro atoms. The third kappa shape index (κ3) is 12.9. The van der Waals surface area contributed by atoms with Gasteiger partial charge in [-0.25, -0.2) is 0 Å². The number of carbonyl (C=O) groups is 1. The molecule has 0 aliphatic rings. The van der Waals surface area contributed by atoms with Gasteiger partial charge < -0.3 is 5.11 Å². The average molecular weight is 439 g/mol. The van der Waals surface area contributed by atoms with E-state index in [1.807, 2.05) is 0 Å². The van der Waals surface area contributed by atoms with Crippen LogP contribution in [0.4, 0.5) is 0 Å². The predicted molar refractivity (Wildman–Crippen MR) is 138 cm³/mol. The van der Waals surface area contributed by atoms with Crippen LogP contribution in [0.2, 0.25) is 0 Å². The summed E-state index contributed by atoms with van der Waals surface area (Å²) in [6.45, 7) is 11.3. The maximum absolute atomic E-state index is 12.8. The Balaban J connectivity index is 4.95. The molecule has 0 bridgehead atoms. The highest BCUT2D eigenvalue weighted by Gasteiger charge is 2.49. The summed E-state index contributed by atoms with van der Waals surface area (Å²) in [4.78, 5) is 12.8. The zero-order valence-electron chi connectivity index (χ0n) is 22.2. The van der Waals surface area contributed by atoms with Crippen LogP contribution in [-0.2, 0) is 4.79 Å². The lowest BCUT2D eigenvalue weighted by atomic mass is 9.58. The van der Waals surface area contributed by atoms with Crippen LogP contribution in [0.25, 0.3) is 0 Å². The number of carboxylic acid groups (broad SMARTS) is 1. The van der Waals surface area contributed by atoms with Gasteiger partial charge in [0, 0.05) is 0 Å². The standard InChI is InChI=1S/C29H58O2/c1-6-9-12-15-18-21-24-28(4,5)29(27(30)31,25-22-19-16-13-10-7-2)26-23-20-17-14-11-8-3/h6-26H2,1-5H3,(H,30,31). The molecule has 0 atom stereocenters. The molecule has 0 radical (unpaired) electrons. The lowest BCUT2D eigenvalue weighted by molar-refractivity contribution is -0.160. The molecule has 0 aromatic heterocycles. The molecule has 31 heavy (non-hydrogen) atoms. The SMILES string of the molecule is CCCCCCCCC(C)(C)C(CCCCCCCC)(CCCCCCCC)C(=O)O. The maximum atomic E-state index is 12.8. The van der Waals surface area contributed by atoms with Gasteiger partial charge in [0.1, 0.15) is 0 Å². The van der Waals surface area contributed by atoms with Crippen LogP contribution in [0.3, 0.4) is 0 Å². The molecule has 0 unspecified atom stereocenters. The van der Waals surface area contributed by atoms with Crippen molar-refractivity contribution in [2.24, 2.45) is 10.8 Å². The van der Waals surface area contributed by atoms with Crippen LogP contribution >= 0.6 is 0 Å². The lowest BCUT2D eigenvalue weighted by Crippen LogP contribution is -2.45. The van der Waals surface area contributed by atoms with E-state index in [1.54, 1.807) is 0 Å². The molecule has 0 heterocycles. The molecule has 0 aliphatic heterocycles. The third-order valence-corrected chi connectivity index (χ3v) is 7.77. The highest BCUT2D eigenvalue weighted by atomic mass is 16.4. The van der Waals surface area contributed by atoms with E-state index < -0.39 is 11.4 Å². The van der Waals surface area contributed by atoms with Gasteiger partial charge in [-0.2, -0.15) is 0 Å². The molecule has 1 N–H and O–H groups in total. The normalized spacial score (nSPS) is 12.4. The van der Waals surface area contributed by atoms with E-state index in [-0.39, 0.29) is 5.41 Å².